The molecule has 6 heteroatoms. The van der Waals surface area contributed by atoms with Gasteiger partial charge < -0.3 is 15.5 Å². The van der Waals surface area contributed by atoms with Gasteiger partial charge in [0.2, 0.25) is 0 Å². The Morgan fingerprint density at radius 2 is 2.00 bits per heavy atom. The molecular formula is C14H18N2O4. The monoisotopic (exact) mass is 278 g/mol. The summed E-state index contributed by atoms with van der Waals surface area (Å²) in [6, 6.07) is 2.47. The molecule has 0 bridgehead atoms. The lowest BCUT2D eigenvalue weighted by molar-refractivity contribution is 0.0685. The number of carbonyl (C=O) groups is 2. The van der Waals surface area contributed by atoms with Crippen molar-refractivity contribution in [2.24, 2.45) is 0 Å². The van der Waals surface area contributed by atoms with Crippen LogP contribution in [-0.4, -0.2) is 39.2 Å². The molecule has 2 atom stereocenters. The minimum atomic E-state index is -1.19. The van der Waals surface area contributed by atoms with Crippen LogP contribution in [0.3, 0.4) is 0 Å². The molecule has 1 aliphatic carbocycles. The molecule has 1 heterocycles. The first-order valence-electron chi connectivity index (χ1n) is 6.77. The molecule has 0 aromatic carbocycles. The maximum Gasteiger partial charge on any atom is 0.338 e. The fourth-order valence-electron chi connectivity index (χ4n) is 2.45. The molecule has 2 unspecified atom stereocenters. The molecule has 0 radical (unpaired) electrons. The SMILES string of the molecule is O=C(O)c1cccnc1C(=O)NC1CCCCCC1O. The first-order chi connectivity index (χ1) is 9.59. The number of hydrogen-bond acceptors (Lipinski definition) is 4. The molecule has 6 nitrogen and oxygen atoms in total. The minimum Gasteiger partial charge on any atom is -0.478 e. The van der Waals surface area contributed by atoms with Gasteiger partial charge in [-0.1, -0.05) is 19.3 Å². The molecule has 1 aliphatic rings. The van der Waals surface area contributed by atoms with E-state index in [0.717, 1.165) is 19.3 Å². The molecule has 0 aliphatic heterocycles. The number of hydrogen-bond donors (Lipinski definition) is 3. The zero-order chi connectivity index (χ0) is 14.5. The van der Waals surface area contributed by atoms with E-state index >= 15 is 0 Å². The number of nitrogens with zero attached hydrogens (tertiary/aromatic N) is 1. The van der Waals surface area contributed by atoms with E-state index in [2.05, 4.69) is 10.3 Å². The Kier molecular flexibility index (Phi) is 4.68. The van der Waals surface area contributed by atoms with Crippen molar-refractivity contribution in [2.45, 2.75) is 44.2 Å². The Hall–Kier alpha value is -1.95. The summed E-state index contributed by atoms with van der Waals surface area (Å²) in [6.45, 7) is 0. The Morgan fingerprint density at radius 3 is 2.75 bits per heavy atom. The van der Waals surface area contributed by atoms with Gasteiger partial charge in [0, 0.05) is 6.20 Å². The second-order valence-electron chi connectivity index (χ2n) is 4.99. The van der Waals surface area contributed by atoms with Gasteiger partial charge in [0.05, 0.1) is 17.7 Å². The number of aliphatic hydroxyl groups is 1. The van der Waals surface area contributed by atoms with Crippen molar-refractivity contribution in [3.05, 3.63) is 29.6 Å². The van der Waals surface area contributed by atoms with Crippen molar-refractivity contribution in [2.75, 3.05) is 0 Å². The van der Waals surface area contributed by atoms with E-state index in [4.69, 9.17) is 5.11 Å². The number of nitrogens with one attached hydrogen (secondary N) is 1. The fraction of sp³-hybridized carbons (Fsp3) is 0.500. The Bertz CT molecular complexity index is 504. The largest absolute Gasteiger partial charge is 0.478 e. The maximum atomic E-state index is 12.1. The number of pyridine rings is 1. The number of rotatable bonds is 3. The molecule has 1 aromatic rings. The predicted molar refractivity (Wildman–Crippen MR) is 71.5 cm³/mol. The van der Waals surface area contributed by atoms with Crippen molar-refractivity contribution < 1.29 is 19.8 Å². The number of carboxylic acids is 1. The molecular weight excluding hydrogens is 260 g/mol. The molecule has 1 aromatic heterocycles. The van der Waals surface area contributed by atoms with E-state index in [0.29, 0.717) is 12.8 Å². The molecule has 20 heavy (non-hydrogen) atoms. The fourth-order valence-corrected chi connectivity index (χ4v) is 2.45. The summed E-state index contributed by atoms with van der Waals surface area (Å²) in [6.07, 6.45) is 5.06. The van der Waals surface area contributed by atoms with Crippen molar-refractivity contribution in [1.82, 2.24) is 10.3 Å². The van der Waals surface area contributed by atoms with Crippen LogP contribution < -0.4 is 5.32 Å². The summed E-state index contributed by atoms with van der Waals surface area (Å²) >= 11 is 0. The highest BCUT2D eigenvalue weighted by Gasteiger charge is 2.26. The normalized spacial score (nSPS) is 22.9. The Morgan fingerprint density at radius 1 is 1.25 bits per heavy atom. The third-order valence-electron chi connectivity index (χ3n) is 3.55. The lowest BCUT2D eigenvalue weighted by Crippen LogP contribution is -2.43. The van der Waals surface area contributed by atoms with E-state index in [1.165, 1.54) is 18.3 Å². The van der Waals surface area contributed by atoms with Crippen LogP contribution in [0.1, 0.15) is 53.0 Å². The predicted octanol–water partition coefficient (Wildman–Crippen LogP) is 1.20. The highest BCUT2D eigenvalue weighted by Crippen LogP contribution is 2.18. The second kappa shape index (κ2) is 6.47. The third kappa shape index (κ3) is 3.33. The minimum absolute atomic E-state index is 0.114. The van der Waals surface area contributed by atoms with Crippen LogP contribution >= 0.6 is 0 Å². The number of aromatic nitrogens is 1. The number of aromatic carboxylic acids is 1. The highest BCUT2D eigenvalue weighted by molar-refractivity contribution is 6.03. The molecule has 2 rings (SSSR count). The van der Waals surface area contributed by atoms with Crippen LogP contribution in [0.15, 0.2) is 18.3 Å². The smallest absolute Gasteiger partial charge is 0.338 e. The number of aliphatic hydroxyl groups excluding tert-OH is 1. The van der Waals surface area contributed by atoms with E-state index < -0.39 is 18.0 Å². The van der Waals surface area contributed by atoms with Crippen molar-refractivity contribution >= 4 is 11.9 Å². The number of carboxylic acid groups (broad SMARTS) is 1. The summed E-state index contributed by atoms with van der Waals surface area (Å²) in [4.78, 5) is 27.1. The van der Waals surface area contributed by atoms with E-state index in [9.17, 15) is 14.7 Å². The van der Waals surface area contributed by atoms with Crippen LogP contribution in [0.25, 0.3) is 0 Å². The molecule has 1 fully saturated rings. The maximum absolute atomic E-state index is 12.1. The van der Waals surface area contributed by atoms with Crippen LogP contribution in [-0.2, 0) is 0 Å². The standard InChI is InChI=1S/C14H18N2O4/c17-11-7-3-1-2-6-10(11)16-13(18)12-9(14(19)20)5-4-8-15-12/h4-5,8,10-11,17H,1-3,6-7H2,(H,16,18)(H,19,20). The van der Waals surface area contributed by atoms with E-state index in [-0.39, 0.29) is 17.3 Å². The van der Waals surface area contributed by atoms with Gasteiger partial charge in [0.25, 0.3) is 5.91 Å². The summed E-state index contributed by atoms with van der Waals surface area (Å²) < 4.78 is 0. The van der Waals surface area contributed by atoms with Gasteiger partial charge in [-0.25, -0.2) is 4.79 Å². The average molecular weight is 278 g/mol. The summed E-state index contributed by atoms with van der Waals surface area (Å²) in [5.74, 6) is -1.74. The zero-order valence-electron chi connectivity index (χ0n) is 11.1. The van der Waals surface area contributed by atoms with Crippen LogP contribution in [0, 0.1) is 0 Å². The first-order valence-corrected chi connectivity index (χ1v) is 6.77. The van der Waals surface area contributed by atoms with Gasteiger partial charge in [-0.2, -0.15) is 0 Å². The summed E-state index contributed by atoms with van der Waals surface area (Å²) in [5.41, 5.74) is -0.246. The average Bonchev–Trinajstić information content (AvgIpc) is 2.64. The van der Waals surface area contributed by atoms with E-state index in [1.54, 1.807) is 0 Å². The quantitative estimate of drug-likeness (QED) is 0.721. The molecule has 0 spiro atoms. The molecule has 0 saturated heterocycles. The lowest BCUT2D eigenvalue weighted by Gasteiger charge is -2.21. The second-order valence-corrected chi connectivity index (χ2v) is 4.99. The molecule has 1 saturated carbocycles. The van der Waals surface area contributed by atoms with Gasteiger partial charge >= 0.3 is 5.97 Å². The molecule has 108 valence electrons. The number of carbonyl (C=O) groups excluding carboxylic acids is 1. The zero-order valence-corrected chi connectivity index (χ0v) is 11.1. The Balaban J connectivity index is 2.13. The van der Waals surface area contributed by atoms with Gasteiger partial charge in [0.1, 0.15) is 5.69 Å². The van der Waals surface area contributed by atoms with Crippen molar-refractivity contribution in [3.63, 3.8) is 0 Å². The highest BCUT2D eigenvalue weighted by atomic mass is 16.4. The van der Waals surface area contributed by atoms with Crippen molar-refractivity contribution in [1.29, 1.82) is 0 Å². The van der Waals surface area contributed by atoms with Crippen LogP contribution in [0.4, 0.5) is 0 Å². The van der Waals surface area contributed by atoms with E-state index in [1.807, 2.05) is 0 Å². The first kappa shape index (κ1) is 14.5. The van der Waals surface area contributed by atoms with Crippen molar-refractivity contribution in [3.8, 4) is 0 Å². The summed E-state index contributed by atoms with van der Waals surface area (Å²) in [5, 5.41) is 21.7. The van der Waals surface area contributed by atoms with Crippen LogP contribution in [0.2, 0.25) is 0 Å². The molecule has 3 N–H and O–H groups in total. The van der Waals surface area contributed by atoms with Gasteiger partial charge in [-0.15, -0.1) is 0 Å². The Labute approximate surface area is 116 Å². The lowest BCUT2D eigenvalue weighted by atomic mass is 10.1. The van der Waals surface area contributed by atoms with Crippen LogP contribution in [0.5, 0.6) is 0 Å². The van der Waals surface area contributed by atoms with Gasteiger partial charge in [0.15, 0.2) is 0 Å². The van der Waals surface area contributed by atoms with Gasteiger partial charge in [-0.05, 0) is 25.0 Å². The number of amides is 1. The topological polar surface area (TPSA) is 99.5 Å². The summed E-state index contributed by atoms with van der Waals surface area (Å²) in [7, 11) is 0. The van der Waals surface area contributed by atoms with Gasteiger partial charge in [-0.3, -0.25) is 9.78 Å². The molecule has 1 amide bonds. The third-order valence-corrected chi connectivity index (χ3v) is 3.55.